The van der Waals surface area contributed by atoms with E-state index in [1.807, 2.05) is 31.2 Å². The number of hydrogen-bond donors (Lipinski definition) is 1. The fourth-order valence-electron chi connectivity index (χ4n) is 3.18. The Kier molecular flexibility index (Phi) is 5.91. The van der Waals surface area contributed by atoms with Gasteiger partial charge in [0.25, 0.3) is 5.91 Å². The summed E-state index contributed by atoms with van der Waals surface area (Å²) in [7, 11) is 3.78. The van der Waals surface area contributed by atoms with Gasteiger partial charge in [-0.25, -0.2) is 0 Å². The fraction of sp³-hybridized carbons (Fsp3) is 0.381. The standard InChI is InChI=1S/C21H27N3O2/c1-16-7-8-18(14-20(16)26-3)21(25)22-19-6-4-5-17(13-19)15-24-11-9-23(2)10-12-24/h4-8,13-14H,9-12,15H2,1-3H3,(H,22,25). The molecule has 0 aliphatic carbocycles. The average molecular weight is 353 g/mol. The highest BCUT2D eigenvalue weighted by Gasteiger charge is 2.14. The molecule has 138 valence electrons. The Morgan fingerprint density at radius 3 is 2.62 bits per heavy atom. The lowest BCUT2D eigenvalue weighted by atomic mass is 10.1. The van der Waals surface area contributed by atoms with Gasteiger partial charge in [-0.3, -0.25) is 9.69 Å². The summed E-state index contributed by atoms with van der Waals surface area (Å²) < 4.78 is 5.31. The Morgan fingerprint density at radius 1 is 1.12 bits per heavy atom. The highest BCUT2D eigenvalue weighted by Crippen LogP contribution is 2.20. The number of anilines is 1. The van der Waals surface area contributed by atoms with Crippen molar-refractivity contribution in [2.45, 2.75) is 13.5 Å². The maximum atomic E-state index is 12.5. The predicted octanol–water partition coefficient (Wildman–Crippen LogP) is 3.00. The third-order valence-corrected chi connectivity index (χ3v) is 4.86. The van der Waals surface area contributed by atoms with Gasteiger partial charge in [0, 0.05) is 44.0 Å². The third-order valence-electron chi connectivity index (χ3n) is 4.86. The number of hydrogen-bond acceptors (Lipinski definition) is 4. The molecule has 1 heterocycles. The molecule has 1 amide bonds. The first-order valence-corrected chi connectivity index (χ1v) is 9.01. The maximum absolute atomic E-state index is 12.5. The van der Waals surface area contributed by atoms with E-state index < -0.39 is 0 Å². The van der Waals surface area contributed by atoms with Gasteiger partial charge in [-0.05, 0) is 49.4 Å². The Hall–Kier alpha value is -2.37. The Bertz CT molecular complexity index is 768. The summed E-state index contributed by atoms with van der Waals surface area (Å²) >= 11 is 0. The molecule has 1 aliphatic rings. The topological polar surface area (TPSA) is 44.8 Å². The summed E-state index contributed by atoms with van der Waals surface area (Å²) in [5, 5.41) is 2.99. The van der Waals surface area contributed by atoms with Crippen molar-refractivity contribution in [2.75, 3.05) is 45.7 Å². The highest BCUT2D eigenvalue weighted by atomic mass is 16.5. The van der Waals surface area contributed by atoms with Crippen molar-refractivity contribution in [1.82, 2.24) is 9.80 Å². The van der Waals surface area contributed by atoms with E-state index in [1.165, 1.54) is 5.56 Å². The molecule has 0 radical (unpaired) electrons. The number of likely N-dealkylation sites (N-methyl/N-ethyl adjacent to an activating group) is 1. The molecule has 2 aromatic rings. The molecule has 26 heavy (non-hydrogen) atoms. The van der Waals surface area contributed by atoms with Crippen LogP contribution in [-0.4, -0.2) is 56.0 Å². The molecule has 0 spiro atoms. The number of ether oxygens (including phenoxy) is 1. The molecule has 2 aromatic carbocycles. The van der Waals surface area contributed by atoms with Crippen LogP contribution in [0.1, 0.15) is 21.5 Å². The summed E-state index contributed by atoms with van der Waals surface area (Å²) in [6.07, 6.45) is 0. The molecule has 0 atom stereocenters. The van der Waals surface area contributed by atoms with Gasteiger partial charge in [-0.1, -0.05) is 18.2 Å². The van der Waals surface area contributed by atoms with Gasteiger partial charge in [-0.15, -0.1) is 0 Å². The molecule has 0 saturated carbocycles. The Morgan fingerprint density at radius 2 is 1.88 bits per heavy atom. The summed E-state index contributed by atoms with van der Waals surface area (Å²) in [5.41, 5.74) is 3.64. The molecular formula is C21H27N3O2. The molecule has 0 aromatic heterocycles. The first-order valence-electron chi connectivity index (χ1n) is 9.01. The lowest BCUT2D eigenvalue weighted by Gasteiger charge is -2.32. The zero-order valence-electron chi connectivity index (χ0n) is 15.8. The third kappa shape index (κ3) is 4.62. The average Bonchev–Trinajstić information content (AvgIpc) is 2.64. The number of methoxy groups -OCH3 is 1. The van der Waals surface area contributed by atoms with E-state index in [4.69, 9.17) is 4.74 Å². The van der Waals surface area contributed by atoms with Gasteiger partial charge >= 0.3 is 0 Å². The van der Waals surface area contributed by atoms with Crippen molar-refractivity contribution >= 4 is 11.6 Å². The largest absolute Gasteiger partial charge is 0.496 e. The van der Waals surface area contributed by atoms with Crippen LogP contribution in [0.4, 0.5) is 5.69 Å². The zero-order valence-corrected chi connectivity index (χ0v) is 15.8. The van der Waals surface area contributed by atoms with Crippen molar-refractivity contribution in [3.8, 4) is 5.75 Å². The number of benzene rings is 2. The number of piperazine rings is 1. The van der Waals surface area contributed by atoms with E-state index in [1.54, 1.807) is 13.2 Å². The van der Waals surface area contributed by atoms with Crippen LogP contribution >= 0.6 is 0 Å². The quantitative estimate of drug-likeness (QED) is 0.898. The van der Waals surface area contributed by atoms with Crippen molar-refractivity contribution < 1.29 is 9.53 Å². The van der Waals surface area contributed by atoms with E-state index in [0.717, 1.165) is 49.7 Å². The Labute approximate surface area is 155 Å². The SMILES string of the molecule is COc1cc(C(=O)Nc2cccc(CN3CCN(C)CC3)c2)ccc1C. The van der Waals surface area contributed by atoms with Crippen LogP contribution in [0.5, 0.6) is 5.75 Å². The van der Waals surface area contributed by atoms with Crippen LogP contribution in [0.2, 0.25) is 0 Å². The normalized spacial score (nSPS) is 15.7. The number of carbonyl (C=O) groups is 1. The minimum Gasteiger partial charge on any atom is -0.496 e. The van der Waals surface area contributed by atoms with Crippen LogP contribution in [0.25, 0.3) is 0 Å². The number of aryl methyl sites for hydroxylation is 1. The van der Waals surface area contributed by atoms with Crippen LogP contribution < -0.4 is 10.1 Å². The van der Waals surface area contributed by atoms with Crippen LogP contribution in [0.3, 0.4) is 0 Å². The summed E-state index contributed by atoms with van der Waals surface area (Å²) in [6, 6.07) is 13.6. The lowest BCUT2D eigenvalue weighted by Crippen LogP contribution is -2.43. The monoisotopic (exact) mass is 353 g/mol. The number of nitrogens with zero attached hydrogens (tertiary/aromatic N) is 2. The minimum absolute atomic E-state index is 0.125. The Balaban J connectivity index is 1.65. The number of amides is 1. The van der Waals surface area contributed by atoms with Crippen LogP contribution in [0.15, 0.2) is 42.5 Å². The highest BCUT2D eigenvalue weighted by molar-refractivity contribution is 6.04. The van der Waals surface area contributed by atoms with Gasteiger partial charge in [0.05, 0.1) is 7.11 Å². The molecule has 1 fully saturated rings. The second-order valence-corrected chi connectivity index (χ2v) is 6.92. The first kappa shape index (κ1) is 18.4. The van der Waals surface area contributed by atoms with Gasteiger partial charge in [-0.2, -0.15) is 0 Å². The van der Waals surface area contributed by atoms with Crippen molar-refractivity contribution in [3.63, 3.8) is 0 Å². The second kappa shape index (κ2) is 8.34. The van der Waals surface area contributed by atoms with E-state index >= 15 is 0 Å². The molecule has 0 bridgehead atoms. The molecule has 5 nitrogen and oxygen atoms in total. The van der Waals surface area contributed by atoms with Crippen LogP contribution in [-0.2, 0) is 6.54 Å². The maximum Gasteiger partial charge on any atom is 0.255 e. The molecule has 1 saturated heterocycles. The predicted molar refractivity (Wildman–Crippen MR) is 105 cm³/mol. The van der Waals surface area contributed by atoms with Crippen molar-refractivity contribution in [3.05, 3.63) is 59.2 Å². The van der Waals surface area contributed by atoms with Gasteiger partial charge in [0.15, 0.2) is 0 Å². The molecule has 1 aliphatic heterocycles. The number of nitrogens with one attached hydrogen (secondary N) is 1. The van der Waals surface area contributed by atoms with E-state index in [-0.39, 0.29) is 5.91 Å². The summed E-state index contributed by atoms with van der Waals surface area (Å²) in [5.74, 6) is 0.599. The minimum atomic E-state index is -0.125. The fourth-order valence-corrected chi connectivity index (χ4v) is 3.18. The molecule has 3 rings (SSSR count). The van der Waals surface area contributed by atoms with Gasteiger partial charge in [0.2, 0.25) is 0 Å². The summed E-state index contributed by atoms with van der Waals surface area (Å²) in [6.45, 7) is 7.24. The summed E-state index contributed by atoms with van der Waals surface area (Å²) in [4.78, 5) is 17.3. The lowest BCUT2D eigenvalue weighted by molar-refractivity contribution is 0.102. The molecular weight excluding hydrogens is 326 g/mol. The van der Waals surface area contributed by atoms with E-state index in [0.29, 0.717) is 5.56 Å². The van der Waals surface area contributed by atoms with E-state index in [9.17, 15) is 4.79 Å². The van der Waals surface area contributed by atoms with Gasteiger partial charge < -0.3 is 15.0 Å². The second-order valence-electron chi connectivity index (χ2n) is 6.92. The molecule has 1 N–H and O–H groups in total. The molecule has 0 unspecified atom stereocenters. The first-order chi connectivity index (χ1) is 12.5. The number of rotatable bonds is 5. The molecule has 5 heteroatoms. The van der Waals surface area contributed by atoms with Gasteiger partial charge in [0.1, 0.15) is 5.75 Å². The zero-order chi connectivity index (χ0) is 18.5. The van der Waals surface area contributed by atoms with Crippen LogP contribution in [0, 0.1) is 6.92 Å². The van der Waals surface area contributed by atoms with Crippen molar-refractivity contribution in [1.29, 1.82) is 0 Å². The smallest absolute Gasteiger partial charge is 0.255 e. The van der Waals surface area contributed by atoms with E-state index in [2.05, 4.69) is 34.3 Å². The number of carbonyl (C=O) groups excluding carboxylic acids is 1. The van der Waals surface area contributed by atoms with Crippen molar-refractivity contribution in [2.24, 2.45) is 0 Å².